The van der Waals surface area contributed by atoms with E-state index >= 15 is 0 Å². The zero-order chi connectivity index (χ0) is 21.3. The highest BCUT2D eigenvalue weighted by molar-refractivity contribution is 5.97. The summed E-state index contributed by atoms with van der Waals surface area (Å²) in [4.78, 5) is 31.2. The van der Waals surface area contributed by atoms with Crippen molar-refractivity contribution in [2.75, 3.05) is 39.3 Å². The van der Waals surface area contributed by atoms with Crippen LogP contribution >= 0.6 is 0 Å². The maximum absolute atomic E-state index is 13.7. The molecule has 0 unspecified atom stereocenters. The quantitative estimate of drug-likeness (QED) is 0.796. The van der Waals surface area contributed by atoms with Crippen LogP contribution in [0.5, 0.6) is 0 Å². The van der Waals surface area contributed by atoms with Crippen molar-refractivity contribution in [2.45, 2.75) is 24.9 Å². The largest absolute Gasteiger partial charge is 0.344 e. The average Bonchev–Trinajstić information content (AvgIpc) is 3.08. The number of rotatable bonds is 3. The Labute approximate surface area is 183 Å². The van der Waals surface area contributed by atoms with Gasteiger partial charge in [0.05, 0.1) is 11.5 Å². The van der Waals surface area contributed by atoms with E-state index < -0.39 is 5.54 Å². The van der Waals surface area contributed by atoms with Crippen LogP contribution in [0.3, 0.4) is 0 Å². The molecule has 162 valence electrons. The van der Waals surface area contributed by atoms with Gasteiger partial charge in [-0.1, -0.05) is 48.5 Å². The third-order valence-electron chi connectivity index (χ3n) is 7.05. The first-order valence-electron chi connectivity index (χ1n) is 11.3. The Morgan fingerprint density at radius 1 is 1.03 bits per heavy atom. The van der Waals surface area contributed by atoms with E-state index in [0.29, 0.717) is 13.1 Å². The van der Waals surface area contributed by atoms with Crippen LogP contribution in [0.15, 0.2) is 54.6 Å². The van der Waals surface area contributed by atoms with E-state index in [2.05, 4.69) is 39.8 Å². The van der Waals surface area contributed by atoms with E-state index in [0.717, 1.165) is 56.7 Å². The molecule has 0 radical (unpaired) electrons. The predicted octanol–water partition coefficient (Wildman–Crippen LogP) is 1.67. The summed E-state index contributed by atoms with van der Waals surface area (Å²) < 4.78 is 0. The molecule has 0 bridgehead atoms. The van der Waals surface area contributed by atoms with Crippen LogP contribution in [-0.2, 0) is 17.8 Å². The number of nitrogens with zero attached hydrogens (tertiary/aromatic N) is 2. The second-order valence-electron chi connectivity index (χ2n) is 9.05. The molecule has 0 aromatic heterocycles. The molecule has 2 amide bonds. The first-order chi connectivity index (χ1) is 15.1. The van der Waals surface area contributed by atoms with Crippen molar-refractivity contribution < 1.29 is 9.59 Å². The Balaban J connectivity index is 1.44. The van der Waals surface area contributed by atoms with Gasteiger partial charge in [-0.25, -0.2) is 0 Å². The van der Waals surface area contributed by atoms with E-state index in [1.807, 2.05) is 35.2 Å². The first kappa shape index (κ1) is 20.2. The monoisotopic (exact) mass is 418 g/mol. The Morgan fingerprint density at radius 3 is 2.58 bits per heavy atom. The summed E-state index contributed by atoms with van der Waals surface area (Å²) in [7, 11) is 0. The third kappa shape index (κ3) is 3.98. The molecule has 3 aliphatic heterocycles. The lowest BCUT2D eigenvalue weighted by Crippen LogP contribution is -2.59. The van der Waals surface area contributed by atoms with Crippen LogP contribution in [0.25, 0.3) is 0 Å². The van der Waals surface area contributed by atoms with Crippen LogP contribution in [0, 0.1) is 5.92 Å². The summed E-state index contributed by atoms with van der Waals surface area (Å²) in [5, 5.41) is 6.68. The molecule has 2 atom stereocenters. The number of likely N-dealkylation sites (tertiary alicyclic amines) is 1. The lowest BCUT2D eigenvalue weighted by molar-refractivity contribution is -0.137. The molecule has 1 spiro atoms. The number of nitrogens with one attached hydrogen (secondary N) is 2. The summed E-state index contributed by atoms with van der Waals surface area (Å²) in [5.74, 6) is -0.0938. The van der Waals surface area contributed by atoms with Crippen molar-refractivity contribution in [1.29, 1.82) is 0 Å². The second kappa shape index (κ2) is 8.44. The van der Waals surface area contributed by atoms with Gasteiger partial charge in [-0.15, -0.1) is 0 Å². The van der Waals surface area contributed by atoms with Gasteiger partial charge < -0.3 is 15.5 Å². The van der Waals surface area contributed by atoms with E-state index in [-0.39, 0.29) is 17.7 Å². The number of carbonyl (C=O) groups is 2. The maximum atomic E-state index is 13.7. The molecule has 31 heavy (non-hydrogen) atoms. The standard InChI is InChI=1S/C25H30N4O2/c30-23-21-9-5-4-8-20(21)10-11-25(27-23)18-28(16-19-6-2-1-3-7-19)17-22(25)24(31)29-14-12-26-13-15-29/h1-9,22,26H,10-18H2,(H,27,30)/t22-,25+/m0/s1. The third-order valence-corrected chi connectivity index (χ3v) is 7.05. The molecule has 0 saturated carbocycles. The fourth-order valence-electron chi connectivity index (χ4n) is 5.44. The van der Waals surface area contributed by atoms with E-state index in [1.165, 1.54) is 5.56 Å². The van der Waals surface area contributed by atoms with Gasteiger partial charge >= 0.3 is 0 Å². The number of piperazine rings is 1. The van der Waals surface area contributed by atoms with Crippen molar-refractivity contribution >= 4 is 11.8 Å². The van der Waals surface area contributed by atoms with Gasteiger partial charge in [0.25, 0.3) is 5.91 Å². The molecule has 2 aromatic rings. The molecule has 2 N–H and O–H groups in total. The molecule has 6 nitrogen and oxygen atoms in total. The van der Waals surface area contributed by atoms with Gasteiger partial charge in [-0.2, -0.15) is 0 Å². The van der Waals surface area contributed by atoms with Gasteiger partial charge in [0.1, 0.15) is 0 Å². The highest BCUT2D eigenvalue weighted by Crippen LogP contribution is 2.37. The Morgan fingerprint density at radius 2 is 1.77 bits per heavy atom. The van der Waals surface area contributed by atoms with Crippen LogP contribution in [0.4, 0.5) is 0 Å². The first-order valence-corrected chi connectivity index (χ1v) is 11.3. The van der Waals surface area contributed by atoms with Gasteiger partial charge in [-0.05, 0) is 30.0 Å². The summed E-state index contributed by atoms with van der Waals surface area (Å²) in [6, 6.07) is 18.2. The SMILES string of the molecule is O=C1N[C@]2(CCc3ccccc31)CN(Cc1ccccc1)C[C@H]2C(=O)N1CCNCC1. The summed E-state index contributed by atoms with van der Waals surface area (Å²) in [6.45, 7) is 5.29. The topological polar surface area (TPSA) is 64.7 Å². The van der Waals surface area contributed by atoms with E-state index in [4.69, 9.17) is 0 Å². The summed E-state index contributed by atoms with van der Waals surface area (Å²) in [6.07, 6.45) is 1.59. The molecule has 3 heterocycles. The Hall–Kier alpha value is -2.70. The Kier molecular flexibility index (Phi) is 5.50. The minimum atomic E-state index is -0.535. The number of carbonyl (C=O) groups excluding carboxylic acids is 2. The molecule has 6 heteroatoms. The van der Waals surface area contributed by atoms with Crippen molar-refractivity contribution in [3.05, 3.63) is 71.3 Å². The van der Waals surface area contributed by atoms with E-state index in [9.17, 15) is 9.59 Å². The average molecular weight is 419 g/mol. The van der Waals surface area contributed by atoms with Crippen molar-refractivity contribution in [1.82, 2.24) is 20.4 Å². The molecule has 3 aliphatic rings. The van der Waals surface area contributed by atoms with Crippen LogP contribution in [-0.4, -0.2) is 66.4 Å². The fourth-order valence-corrected chi connectivity index (χ4v) is 5.44. The lowest BCUT2D eigenvalue weighted by atomic mass is 9.81. The minimum absolute atomic E-state index is 0.0484. The maximum Gasteiger partial charge on any atom is 0.252 e. The number of hydrogen-bond donors (Lipinski definition) is 2. The van der Waals surface area contributed by atoms with Gasteiger partial charge in [0.15, 0.2) is 0 Å². The number of aryl methyl sites for hydroxylation is 1. The Bertz CT molecular complexity index is 957. The molecule has 5 rings (SSSR count). The van der Waals surface area contributed by atoms with Crippen LogP contribution in [0.1, 0.15) is 27.9 Å². The minimum Gasteiger partial charge on any atom is -0.344 e. The van der Waals surface area contributed by atoms with Crippen molar-refractivity contribution in [3.8, 4) is 0 Å². The summed E-state index contributed by atoms with van der Waals surface area (Å²) >= 11 is 0. The molecule has 0 aliphatic carbocycles. The molecule has 2 fully saturated rings. The van der Waals surface area contributed by atoms with Gasteiger partial charge in [0, 0.05) is 51.4 Å². The number of fused-ring (bicyclic) bond motifs is 1. The van der Waals surface area contributed by atoms with Gasteiger partial charge in [-0.3, -0.25) is 14.5 Å². The van der Waals surface area contributed by atoms with Crippen molar-refractivity contribution in [3.63, 3.8) is 0 Å². The van der Waals surface area contributed by atoms with Crippen LogP contribution < -0.4 is 10.6 Å². The molecular weight excluding hydrogens is 388 g/mol. The van der Waals surface area contributed by atoms with E-state index in [1.54, 1.807) is 0 Å². The second-order valence-corrected chi connectivity index (χ2v) is 9.05. The zero-order valence-corrected chi connectivity index (χ0v) is 17.8. The smallest absolute Gasteiger partial charge is 0.252 e. The number of hydrogen-bond acceptors (Lipinski definition) is 4. The van der Waals surface area contributed by atoms with Gasteiger partial charge in [0.2, 0.25) is 5.91 Å². The highest BCUT2D eigenvalue weighted by atomic mass is 16.2. The predicted molar refractivity (Wildman–Crippen MR) is 120 cm³/mol. The molecule has 2 saturated heterocycles. The van der Waals surface area contributed by atoms with Crippen molar-refractivity contribution in [2.24, 2.45) is 5.92 Å². The highest BCUT2D eigenvalue weighted by Gasteiger charge is 2.52. The molecular formula is C25H30N4O2. The number of amides is 2. The number of benzene rings is 2. The molecule has 2 aromatic carbocycles. The normalized spacial score (nSPS) is 26.4. The van der Waals surface area contributed by atoms with Crippen LogP contribution in [0.2, 0.25) is 0 Å². The zero-order valence-electron chi connectivity index (χ0n) is 17.8. The lowest BCUT2D eigenvalue weighted by Gasteiger charge is -2.38. The fraction of sp³-hybridized carbons (Fsp3) is 0.440. The summed E-state index contributed by atoms with van der Waals surface area (Å²) in [5.41, 5.74) is 2.52.